The molecule has 0 saturated carbocycles. The number of unbranched alkanes of at least 4 members (excludes halogenated alkanes) is 7. The van der Waals surface area contributed by atoms with Crippen molar-refractivity contribution in [1.82, 2.24) is 0 Å². The molecule has 3 aromatic carbocycles. The second-order valence-corrected chi connectivity index (χ2v) is 11.9. The number of fused-ring (bicyclic) bond motifs is 1. The summed E-state index contributed by atoms with van der Waals surface area (Å²) in [5, 5.41) is 2.49. The van der Waals surface area contributed by atoms with E-state index in [9.17, 15) is 0 Å². The first kappa shape index (κ1) is 25.8. The lowest BCUT2D eigenvalue weighted by Crippen LogP contribution is -1.97. The fourth-order valence-corrected chi connectivity index (χ4v) is 6.85. The van der Waals surface area contributed by atoms with Crippen LogP contribution in [0.1, 0.15) is 58.3 Å². The standard InChI is InChI=1S/C34H36OS2/c1-2-3-4-5-6-7-8-12-23-35-30-18-17-27-24-29(16-15-28(27)25-30)32-20-22-34(37-32)33-21-19-31(36-33)26-13-10-9-11-14-26/h9-11,13-22,24-25H,2-8,12,23H2,1H3. The van der Waals surface area contributed by atoms with E-state index < -0.39 is 0 Å². The summed E-state index contributed by atoms with van der Waals surface area (Å²) in [6, 6.07) is 32.9. The van der Waals surface area contributed by atoms with Gasteiger partial charge >= 0.3 is 0 Å². The lowest BCUT2D eigenvalue weighted by molar-refractivity contribution is 0.304. The molecule has 0 bridgehead atoms. The molecule has 0 saturated heterocycles. The van der Waals surface area contributed by atoms with E-state index in [2.05, 4.69) is 97.9 Å². The molecule has 0 unspecified atom stereocenters. The van der Waals surface area contributed by atoms with E-state index in [-0.39, 0.29) is 0 Å². The molecule has 5 rings (SSSR count). The van der Waals surface area contributed by atoms with Crippen molar-refractivity contribution in [2.24, 2.45) is 0 Å². The quantitative estimate of drug-likeness (QED) is 0.139. The molecule has 5 aromatic rings. The molecule has 0 amide bonds. The van der Waals surface area contributed by atoms with Crippen LogP contribution in [0.4, 0.5) is 0 Å². The molecule has 37 heavy (non-hydrogen) atoms. The molecule has 0 N–H and O–H groups in total. The zero-order valence-electron chi connectivity index (χ0n) is 21.7. The maximum atomic E-state index is 6.06. The molecule has 1 nitrogen and oxygen atoms in total. The third-order valence-electron chi connectivity index (χ3n) is 6.88. The first-order valence-corrected chi connectivity index (χ1v) is 15.4. The molecule has 0 aliphatic rings. The van der Waals surface area contributed by atoms with Crippen molar-refractivity contribution in [2.75, 3.05) is 6.61 Å². The van der Waals surface area contributed by atoms with Crippen LogP contribution in [-0.2, 0) is 0 Å². The normalized spacial score (nSPS) is 11.3. The Kier molecular flexibility index (Phi) is 9.10. The molecule has 0 fully saturated rings. The Balaban J connectivity index is 1.17. The molecule has 3 heteroatoms. The van der Waals surface area contributed by atoms with Crippen molar-refractivity contribution in [2.45, 2.75) is 58.3 Å². The van der Waals surface area contributed by atoms with Gasteiger partial charge in [-0.25, -0.2) is 0 Å². The second-order valence-electron chi connectivity index (χ2n) is 9.74. The lowest BCUT2D eigenvalue weighted by Gasteiger charge is -2.08. The smallest absolute Gasteiger partial charge is 0.119 e. The third kappa shape index (κ3) is 6.91. The molecule has 0 aliphatic carbocycles. The van der Waals surface area contributed by atoms with Crippen LogP contribution in [0.25, 0.3) is 41.4 Å². The first-order chi connectivity index (χ1) is 18.3. The summed E-state index contributed by atoms with van der Waals surface area (Å²) in [5.74, 6) is 0.980. The van der Waals surface area contributed by atoms with Crippen LogP contribution in [0.2, 0.25) is 0 Å². The van der Waals surface area contributed by atoms with Crippen molar-refractivity contribution in [1.29, 1.82) is 0 Å². The second kappa shape index (κ2) is 13.1. The van der Waals surface area contributed by atoms with Gasteiger partial charge in [-0.2, -0.15) is 0 Å². The van der Waals surface area contributed by atoms with Crippen LogP contribution in [0.15, 0.2) is 91.0 Å². The average Bonchev–Trinajstić information content (AvgIpc) is 3.63. The minimum absolute atomic E-state index is 0.811. The maximum absolute atomic E-state index is 6.06. The van der Waals surface area contributed by atoms with Gasteiger partial charge in [-0.05, 0) is 70.8 Å². The van der Waals surface area contributed by atoms with Crippen molar-refractivity contribution < 1.29 is 4.74 Å². The monoisotopic (exact) mass is 524 g/mol. The van der Waals surface area contributed by atoms with Crippen LogP contribution in [0.5, 0.6) is 5.75 Å². The van der Waals surface area contributed by atoms with Gasteiger partial charge in [0.2, 0.25) is 0 Å². The maximum Gasteiger partial charge on any atom is 0.119 e. The highest BCUT2D eigenvalue weighted by Gasteiger charge is 2.10. The zero-order valence-corrected chi connectivity index (χ0v) is 23.4. The summed E-state index contributed by atoms with van der Waals surface area (Å²) in [6.07, 6.45) is 10.6. The molecule has 190 valence electrons. The Morgan fingerprint density at radius 2 is 1.11 bits per heavy atom. The van der Waals surface area contributed by atoms with E-state index in [1.165, 1.54) is 86.4 Å². The highest BCUT2D eigenvalue weighted by molar-refractivity contribution is 7.25. The van der Waals surface area contributed by atoms with Gasteiger partial charge in [0.15, 0.2) is 0 Å². The Hall–Kier alpha value is -2.88. The third-order valence-corrected chi connectivity index (χ3v) is 9.34. The van der Waals surface area contributed by atoms with Gasteiger partial charge in [-0.15, -0.1) is 22.7 Å². The summed E-state index contributed by atoms with van der Waals surface area (Å²) in [6.45, 7) is 3.08. The van der Waals surface area contributed by atoms with Gasteiger partial charge in [0.05, 0.1) is 6.61 Å². The Morgan fingerprint density at radius 1 is 0.514 bits per heavy atom. The van der Waals surface area contributed by atoms with Gasteiger partial charge in [0.25, 0.3) is 0 Å². The number of thiophene rings is 2. The van der Waals surface area contributed by atoms with Crippen LogP contribution >= 0.6 is 22.7 Å². The van der Waals surface area contributed by atoms with Gasteiger partial charge < -0.3 is 4.74 Å². The number of benzene rings is 3. The van der Waals surface area contributed by atoms with E-state index >= 15 is 0 Å². The van der Waals surface area contributed by atoms with Crippen molar-refractivity contribution in [3.05, 3.63) is 91.0 Å². The fourth-order valence-electron chi connectivity index (χ4n) is 4.75. The molecule has 0 radical (unpaired) electrons. The molecule has 2 aromatic heterocycles. The number of hydrogen-bond acceptors (Lipinski definition) is 3. The minimum atomic E-state index is 0.811. The van der Waals surface area contributed by atoms with E-state index in [0.29, 0.717) is 0 Å². The van der Waals surface area contributed by atoms with E-state index in [4.69, 9.17) is 4.74 Å². The van der Waals surface area contributed by atoms with E-state index in [1.807, 2.05) is 22.7 Å². The van der Waals surface area contributed by atoms with Crippen molar-refractivity contribution >= 4 is 33.4 Å². The molecule has 0 aliphatic heterocycles. The van der Waals surface area contributed by atoms with Crippen LogP contribution < -0.4 is 4.74 Å². The van der Waals surface area contributed by atoms with Crippen LogP contribution in [-0.4, -0.2) is 6.61 Å². The molecule has 2 heterocycles. The van der Waals surface area contributed by atoms with Gasteiger partial charge in [0, 0.05) is 19.5 Å². The highest BCUT2D eigenvalue weighted by Crippen LogP contribution is 2.40. The lowest BCUT2D eigenvalue weighted by atomic mass is 10.1. The minimum Gasteiger partial charge on any atom is -0.494 e. The van der Waals surface area contributed by atoms with Crippen LogP contribution in [0, 0.1) is 0 Å². The predicted molar refractivity (Wildman–Crippen MR) is 164 cm³/mol. The van der Waals surface area contributed by atoms with Crippen molar-refractivity contribution in [3.8, 4) is 36.4 Å². The summed E-state index contributed by atoms with van der Waals surface area (Å²) in [7, 11) is 0. The summed E-state index contributed by atoms with van der Waals surface area (Å²) >= 11 is 3.73. The van der Waals surface area contributed by atoms with E-state index in [0.717, 1.165) is 18.8 Å². The Bertz CT molecular complexity index is 1400. The summed E-state index contributed by atoms with van der Waals surface area (Å²) in [5.41, 5.74) is 2.56. The Labute approximate surface area is 229 Å². The number of ether oxygens (including phenoxy) is 1. The molecule has 0 spiro atoms. The largest absolute Gasteiger partial charge is 0.494 e. The summed E-state index contributed by atoms with van der Waals surface area (Å²) in [4.78, 5) is 5.28. The van der Waals surface area contributed by atoms with E-state index in [1.54, 1.807) is 0 Å². The summed E-state index contributed by atoms with van der Waals surface area (Å²) < 4.78 is 6.06. The van der Waals surface area contributed by atoms with Crippen molar-refractivity contribution in [3.63, 3.8) is 0 Å². The predicted octanol–water partition coefficient (Wildman–Crippen LogP) is 11.5. The average molecular weight is 525 g/mol. The number of rotatable bonds is 13. The van der Waals surface area contributed by atoms with Gasteiger partial charge in [-0.3, -0.25) is 0 Å². The fraction of sp³-hybridized carbons (Fsp3) is 0.294. The SMILES string of the molecule is CCCCCCCCCCOc1ccc2cc(-c3ccc(-c4ccc(-c5ccccc5)s4)s3)ccc2c1. The Morgan fingerprint density at radius 3 is 1.84 bits per heavy atom. The topological polar surface area (TPSA) is 9.23 Å². The first-order valence-electron chi connectivity index (χ1n) is 13.7. The van der Waals surface area contributed by atoms with Gasteiger partial charge in [0.1, 0.15) is 5.75 Å². The van der Waals surface area contributed by atoms with Crippen LogP contribution in [0.3, 0.4) is 0 Å². The van der Waals surface area contributed by atoms with Gasteiger partial charge in [-0.1, -0.05) is 100 Å². The molecular formula is C34H36OS2. The molecular weight excluding hydrogens is 489 g/mol. The number of hydrogen-bond donors (Lipinski definition) is 0. The zero-order chi connectivity index (χ0) is 25.3. The highest BCUT2D eigenvalue weighted by atomic mass is 32.1. The molecule has 0 atom stereocenters.